The van der Waals surface area contributed by atoms with Gasteiger partial charge in [0.2, 0.25) is 10.0 Å². The van der Waals surface area contributed by atoms with Crippen LogP contribution in [0.4, 0.5) is 4.79 Å². The van der Waals surface area contributed by atoms with E-state index < -0.39 is 15.6 Å². The fraction of sp³-hybridized carbons (Fsp3) is 0.375. The topological polar surface area (TPSA) is 104 Å². The van der Waals surface area contributed by atoms with Crippen molar-refractivity contribution in [3.8, 4) is 5.75 Å². The highest BCUT2D eigenvalue weighted by Gasteiger charge is 2.29. The van der Waals surface area contributed by atoms with Crippen LogP contribution in [0.25, 0.3) is 10.9 Å². The van der Waals surface area contributed by atoms with E-state index in [1.54, 1.807) is 24.1 Å². The smallest absolute Gasteiger partial charge is 0.410 e. The molecule has 4 rings (SSSR count). The van der Waals surface area contributed by atoms with Crippen molar-refractivity contribution >= 4 is 27.0 Å². The van der Waals surface area contributed by atoms with Crippen molar-refractivity contribution in [3.05, 3.63) is 59.3 Å². The molecule has 2 N–H and O–H groups in total. The standard InChI is InChI=1S/C24H29N3O5S/c1-24(2,3)32-23(28)26-12-11-22-20(15-26)19-13-17(31-4)7-10-21(19)27(22)14-16-5-8-18(9-6-16)33(25,29)30/h5-10,13H,11-12,14-15H2,1-4H3,(H2,25,29,30). The van der Waals surface area contributed by atoms with E-state index in [9.17, 15) is 13.2 Å². The van der Waals surface area contributed by atoms with Gasteiger partial charge < -0.3 is 18.9 Å². The fourth-order valence-corrected chi connectivity index (χ4v) is 4.70. The maximum Gasteiger partial charge on any atom is 0.410 e. The third-order valence-corrected chi connectivity index (χ3v) is 6.63. The summed E-state index contributed by atoms with van der Waals surface area (Å²) in [5.41, 5.74) is 3.64. The molecule has 1 aromatic heterocycles. The largest absolute Gasteiger partial charge is 0.497 e. The number of rotatable bonds is 4. The number of nitrogens with two attached hydrogens (primary N) is 1. The first-order chi connectivity index (χ1) is 15.5. The highest BCUT2D eigenvalue weighted by Crippen LogP contribution is 2.34. The summed E-state index contributed by atoms with van der Waals surface area (Å²) in [6, 6.07) is 12.5. The maximum absolute atomic E-state index is 12.7. The quantitative estimate of drug-likeness (QED) is 0.626. The number of primary sulfonamides is 1. The average Bonchev–Trinajstić information content (AvgIpc) is 3.04. The molecule has 0 unspecified atom stereocenters. The number of benzene rings is 2. The molecule has 3 aromatic rings. The molecule has 0 aliphatic carbocycles. The number of methoxy groups -OCH3 is 1. The lowest BCUT2D eigenvalue weighted by Crippen LogP contribution is -2.40. The van der Waals surface area contributed by atoms with Crippen molar-refractivity contribution < 1.29 is 22.7 Å². The summed E-state index contributed by atoms with van der Waals surface area (Å²) >= 11 is 0. The Bertz CT molecular complexity index is 1300. The first-order valence-electron chi connectivity index (χ1n) is 10.7. The lowest BCUT2D eigenvalue weighted by molar-refractivity contribution is 0.0223. The lowest BCUT2D eigenvalue weighted by atomic mass is 10.0. The van der Waals surface area contributed by atoms with Crippen molar-refractivity contribution in [2.24, 2.45) is 5.14 Å². The summed E-state index contributed by atoms with van der Waals surface area (Å²) < 4.78 is 36.4. The number of nitrogens with zero attached hydrogens (tertiary/aromatic N) is 2. The number of carbonyl (C=O) groups is 1. The number of fused-ring (bicyclic) bond motifs is 3. The number of ether oxygens (including phenoxy) is 2. The third kappa shape index (κ3) is 4.84. The van der Waals surface area contributed by atoms with Gasteiger partial charge in [0, 0.05) is 41.7 Å². The Balaban J connectivity index is 1.72. The van der Waals surface area contributed by atoms with Crippen LogP contribution in [0.3, 0.4) is 0 Å². The number of hydrogen-bond donors (Lipinski definition) is 1. The Hall–Kier alpha value is -3.04. The van der Waals surface area contributed by atoms with Crippen LogP contribution >= 0.6 is 0 Å². The molecule has 8 nitrogen and oxygen atoms in total. The molecular formula is C24H29N3O5S. The summed E-state index contributed by atoms with van der Waals surface area (Å²) in [7, 11) is -2.11. The average molecular weight is 472 g/mol. The normalized spacial score (nSPS) is 14.3. The molecule has 1 aliphatic heterocycles. The van der Waals surface area contributed by atoms with E-state index in [1.165, 1.54) is 12.1 Å². The first kappa shape index (κ1) is 23.1. The molecule has 2 aromatic carbocycles. The molecule has 2 heterocycles. The molecule has 176 valence electrons. The Morgan fingerprint density at radius 1 is 1.12 bits per heavy atom. The van der Waals surface area contributed by atoms with Crippen molar-refractivity contribution in [1.82, 2.24) is 9.47 Å². The van der Waals surface area contributed by atoms with Gasteiger partial charge in [-0.3, -0.25) is 0 Å². The lowest BCUT2D eigenvalue weighted by Gasteiger charge is -2.30. The van der Waals surface area contributed by atoms with E-state index in [4.69, 9.17) is 14.6 Å². The Morgan fingerprint density at radius 2 is 1.82 bits per heavy atom. The van der Waals surface area contributed by atoms with Gasteiger partial charge in [0.05, 0.1) is 18.6 Å². The minimum Gasteiger partial charge on any atom is -0.497 e. The van der Waals surface area contributed by atoms with Gasteiger partial charge in [0.15, 0.2) is 0 Å². The van der Waals surface area contributed by atoms with Crippen LogP contribution in [-0.4, -0.2) is 43.2 Å². The summed E-state index contributed by atoms with van der Waals surface area (Å²) in [5, 5.41) is 6.25. The van der Waals surface area contributed by atoms with Gasteiger partial charge in [-0.2, -0.15) is 0 Å². The molecule has 1 amide bonds. The van der Waals surface area contributed by atoms with E-state index in [2.05, 4.69) is 4.57 Å². The van der Waals surface area contributed by atoms with Crippen molar-refractivity contribution in [2.75, 3.05) is 13.7 Å². The van der Waals surface area contributed by atoms with E-state index in [-0.39, 0.29) is 11.0 Å². The van der Waals surface area contributed by atoms with E-state index >= 15 is 0 Å². The third-order valence-electron chi connectivity index (χ3n) is 5.71. The highest BCUT2D eigenvalue weighted by molar-refractivity contribution is 7.89. The van der Waals surface area contributed by atoms with Gasteiger partial charge in [-0.1, -0.05) is 12.1 Å². The zero-order valence-corrected chi connectivity index (χ0v) is 20.1. The number of carbonyl (C=O) groups excluding carboxylic acids is 1. The van der Waals surface area contributed by atoms with Crippen molar-refractivity contribution in [1.29, 1.82) is 0 Å². The summed E-state index contributed by atoms with van der Waals surface area (Å²) in [6.07, 6.45) is 0.358. The maximum atomic E-state index is 12.7. The van der Waals surface area contributed by atoms with Crippen LogP contribution in [0.1, 0.15) is 37.6 Å². The predicted molar refractivity (Wildman–Crippen MR) is 126 cm³/mol. The minimum atomic E-state index is -3.74. The van der Waals surface area contributed by atoms with Gasteiger partial charge in [-0.15, -0.1) is 0 Å². The van der Waals surface area contributed by atoms with E-state index in [0.717, 1.165) is 33.5 Å². The first-order valence-corrected chi connectivity index (χ1v) is 12.3. The van der Waals surface area contributed by atoms with Gasteiger partial charge in [-0.05, 0) is 56.7 Å². The van der Waals surface area contributed by atoms with Crippen LogP contribution in [0.15, 0.2) is 47.4 Å². The molecule has 0 bridgehead atoms. The second-order valence-corrected chi connectivity index (χ2v) is 10.8. The van der Waals surface area contributed by atoms with Crippen molar-refractivity contribution in [3.63, 3.8) is 0 Å². The molecular weight excluding hydrogens is 442 g/mol. The highest BCUT2D eigenvalue weighted by atomic mass is 32.2. The van der Waals surface area contributed by atoms with Gasteiger partial charge in [0.1, 0.15) is 11.4 Å². The number of sulfonamides is 1. The summed E-state index contributed by atoms with van der Waals surface area (Å²) in [6.45, 7) is 7.15. The molecule has 9 heteroatoms. The molecule has 33 heavy (non-hydrogen) atoms. The van der Waals surface area contributed by atoms with Gasteiger partial charge >= 0.3 is 6.09 Å². The monoisotopic (exact) mass is 471 g/mol. The number of hydrogen-bond acceptors (Lipinski definition) is 5. The van der Waals surface area contributed by atoms with E-state index in [0.29, 0.717) is 26.1 Å². The molecule has 0 saturated carbocycles. The van der Waals surface area contributed by atoms with E-state index in [1.807, 2.05) is 39.0 Å². The van der Waals surface area contributed by atoms with Crippen LogP contribution in [0.5, 0.6) is 5.75 Å². The zero-order chi connectivity index (χ0) is 24.0. The Kier molecular flexibility index (Phi) is 5.88. The fourth-order valence-electron chi connectivity index (χ4n) is 4.19. The number of aromatic nitrogens is 1. The van der Waals surface area contributed by atoms with Crippen LogP contribution in [0.2, 0.25) is 0 Å². The summed E-state index contributed by atoms with van der Waals surface area (Å²) in [5.74, 6) is 0.745. The molecule has 0 fully saturated rings. The van der Waals surface area contributed by atoms with Crippen molar-refractivity contribution in [2.45, 2.75) is 50.8 Å². The molecule has 0 radical (unpaired) electrons. The Labute approximate surface area is 193 Å². The van der Waals surface area contributed by atoms with Crippen LogP contribution in [-0.2, 0) is 34.3 Å². The number of amides is 1. The minimum absolute atomic E-state index is 0.0865. The molecule has 0 saturated heterocycles. The Morgan fingerprint density at radius 3 is 2.42 bits per heavy atom. The van der Waals surface area contributed by atoms with Crippen LogP contribution in [0, 0.1) is 0 Å². The molecule has 1 aliphatic rings. The second kappa shape index (κ2) is 8.39. The molecule has 0 atom stereocenters. The van der Waals surface area contributed by atoms with Gasteiger partial charge in [-0.25, -0.2) is 18.4 Å². The zero-order valence-electron chi connectivity index (χ0n) is 19.3. The van der Waals surface area contributed by atoms with Gasteiger partial charge in [0.25, 0.3) is 0 Å². The SMILES string of the molecule is COc1ccc2c(c1)c1c(n2Cc2ccc(S(N)(=O)=O)cc2)CCN(C(=O)OC(C)(C)C)C1. The van der Waals surface area contributed by atoms with Crippen LogP contribution < -0.4 is 9.88 Å². The second-order valence-electron chi connectivity index (χ2n) is 9.24. The molecule has 0 spiro atoms. The predicted octanol–water partition coefficient (Wildman–Crippen LogP) is 3.64. The summed E-state index contributed by atoms with van der Waals surface area (Å²) in [4.78, 5) is 14.5.